The van der Waals surface area contributed by atoms with Gasteiger partial charge in [-0.2, -0.15) is 0 Å². The molecule has 1 heterocycles. The summed E-state index contributed by atoms with van der Waals surface area (Å²) < 4.78 is 5.45. The van der Waals surface area contributed by atoms with Gasteiger partial charge in [-0.3, -0.25) is 4.79 Å². The number of benzene rings is 1. The average Bonchev–Trinajstić information content (AvgIpc) is 3.23. The number of rotatable bonds is 4. The number of aryl methyl sites for hydroxylation is 1. The summed E-state index contributed by atoms with van der Waals surface area (Å²) >= 11 is 0. The zero-order chi connectivity index (χ0) is 16.8. The molecule has 126 valence electrons. The molecule has 1 amide bonds. The topological polar surface area (TPSA) is 32.8 Å². The molecule has 1 saturated heterocycles. The van der Waals surface area contributed by atoms with E-state index in [1.54, 1.807) is 7.11 Å². The lowest BCUT2D eigenvalue weighted by atomic mass is 9.93. The van der Waals surface area contributed by atoms with Crippen LogP contribution in [0.5, 0.6) is 5.75 Å². The van der Waals surface area contributed by atoms with Crippen molar-refractivity contribution in [1.82, 2.24) is 9.80 Å². The maximum atomic E-state index is 13.2. The molecule has 0 spiro atoms. The predicted molar refractivity (Wildman–Crippen MR) is 91.9 cm³/mol. The summed E-state index contributed by atoms with van der Waals surface area (Å²) in [5.74, 6) is 1.71. The number of methoxy groups -OCH3 is 1. The Labute approximate surface area is 139 Å². The summed E-state index contributed by atoms with van der Waals surface area (Å²) in [5, 5.41) is 0. The van der Waals surface area contributed by atoms with E-state index in [0.29, 0.717) is 17.9 Å². The first-order valence-electron chi connectivity index (χ1n) is 8.50. The van der Waals surface area contributed by atoms with Gasteiger partial charge in [0.2, 0.25) is 5.91 Å². The van der Waals surface area contributed by atoms with Crippen LogP contribution in [0.15, 0.2) is 18.2 Å². The fourth-order valence-electron chi connectivity index (χ4n) is 3.96. The zero-order valence-electron chi connectivity index (χ0n) is 14.9. The van der Waals surface area contributed by atoms with Crippen LogP contribution in [-0.2, 0) is 10.2 Å². The van der Waals surface area contributed by atoms with Crippen molar-refractivity contribution >= 4 is 5.91 Å². The SMILES string of the molecule is COc1cc(C2(C(=O)N3C[C@@H](C)[C@H](N(C)C)C3)CC2)ccc1C. The fraction of sp³-hybridized carbons (Fsp3) is 0.632. The van der Waals surface area contributed by atoms with E-state index in [2.05, 4.69) is 49.0 Å². The van der Waals surface area contributed by atoms with E-state index in [9.17, 15) is 4.79 Å². The molecule has 1 aliphatic heterocycles. The number of carbonyl (C=O) groups is 1. The highest BCUT2D eigenvalue weighted by molar-refractivity contribution is 5.91. The van der Waals surface area contributed by atoms with Crippen molar-refractivity contribution in [2.45, 2.75) is 38.1 Å². The van der Waals surface area contributed by atoms with E-state index in [1.807, 2.05) is 6.92 Å². The maximum Gasteiger partial charge on any atom is 0.233 e. The van der Waals surface area contributed by atoms with Crippen LogP contribution in [0.1, 0.15) is 30.9 Å². The number of hydrogen-bond acceptors (Lipinski definition) is 3. The molecular weight excluding hydrogens is 288 g/mol. The van der Waals surface area contributed by atoms with E-state index in [0.717, 1.165) is 42.8 Å². The van der Waals surface area contributed by atoms with Gasteiger partial charge in [0, 0.05) is 19.1 Å². The summed E-state index contributed by atoms with van der Waals surface area (Å²) in [6, 6.07) is 6.69. The summed E-state index contributed by atoms with van der Waals surface area (Å²) in [7, 11) is 5.90. The molecule has 2 atom stereocenters. The van der Waals surface area contributed by atoms with Crippen LogP contribution in [0.3, 0.4) is 0 Å². The Morgan fingerprint density at radius 2 is 2.00 bits per heavy atom. The quantitative estimate of drug-likeness (QED) is 0.855. The highest BCUT2D eigenvalue weighted by Crippen LogP contribution is 2.51. The van der Waals surface area contributed by atoms with E-state index < -0.39 is 0 Å². The molecular formula is C19H28N2O2. The first-order chi connectivity index (χ1) is 10.9. The lowest BCUT2D eigenvalue weighted by molar-refractivity contribution is -0.133. The normalized spacial score (nSPS) is 25.7. The smallest absolute Gasteiger partial charge is 0.233 e. The number of carbonyl (C=O) groups excluding carboxylic acids is 1. The number of amides is 1. The van der Waals surface area contributed by atoms with Crippen molar-refractivity contribution in [2.24, 2.45) is 5.92 Å². The van der Waals surface area contributed by atoms with Crippen molar-refractivity contribution in [3.8, 4) is 5.75 Å². The van der Waals surface area contributed by atoms with E-state index in [-0.39, 0.29) is 5.41 Å². The maximum absolute atomic E-state index is 13.2. The van der Waals surface area contributed by atoms with Crippen LogP contribution in [0.4, 0.5) is 0 Å². The molecule has 3 rings (SSSR count). The molecule has 4 nitrogen and oxygen atoms in total. The van der Waals surface area contributed by atoms with Crippen LogP contribution < -0.4 is 4.74 Å². The fourth-order valence-corrected chi connectivity index (χ4v) is 3.96. The van der Waals surface area contributed by atoms with Gasteiger partial charge in [-0.25, -0.2) is 0 Å². The van der Waals surface area contributed by atoms with Crippen LogP contribution >= 0.6 is 0 Å². The number of ether oxygens (including phenoxy) is 1. The standard InChI is InChI=1S/C19H28N2O2/c1-13-6-7-15(10-17(13)23-5)19(8-9-19)18(22)21-11-14(2)16(12-21)20(3)4/h6-7,10,14,16H,8-9,11-12H2,1-5H3/t14-,16-/m1/s1. The summed E-state index contributed by atoms with van der Waals surface area (Å²) in [6.07, 6.45) is 1.91. The summed E-state index contributed by atoms with van der Waals surface area (Å²) in [4.78, 5) is 17.5. The summed E-state index contributed by atoms with van der Waals surface area (Å²) in [5.41, 5.74) is 1.93. The lowest BCUT2D eigenvalue weighted by Crippen LogP contribution is -2.40. The minimum Gasteiger partial charge on any atom is -0.496 e. The zero-order valence-corrected chi connectivity index (χ0v) is 14.9. The van der Waals surface area contributed by atoms with Crippen molar-refractivity contribution < 1.29 is 9.53 Å². The van der Waals surface area contributed by atoms with E-state index in [1.165, 1.54) is 0 Å². The lowest BCUT2D eigenvalue weighted by Gasteiger charge is -2.25. The Hall–Kier alpha value is -1.55. The highest BCUT2D eigenvalue weighted by Gasteiger charge is 2.54. The van der Waals surface area contributed by atoms with Gasteiger partial charge in [0.15, 0.2) is 0 Å². The third-order valence-electron chi connectivity index (χ3n) is 5.64. The first kappa shape index (κ1) is 16.3. The summed E-state index contributed by atoms with van der Waals surface area (Å²) in [6.45, 7) is 5.99. The number of likely N-dealkylation sites (tertiary alicyclic amines) is 1. The molecule has 0 radical (unpaired) electrons. The molecule has 2 aliphatic rings. The third-order valence-corrected chi connectivity index (χ3v) is 5.64. The molecule has 4 heteroatoms. The molecule has 2 fully saturated rings. The van der Waals surface area contributed by atoms with Gasteiger partial charge in [0.25, 0.3) is 0 Å². The van der Waals surface area contributed by atoms with Crippen LogP contribution in [0, 0.1) is 12.8 Å². The van der Waals surface area contributed by atoms with Crippen LogP contribution in [0.25, 0.3) is 0 Å². The average molecular weight is 316 g/mol. The molecule has 1 aromatic carbocycles. The Morgan fingerprint density at radius 1 is 1.30 bits per heavy atom. The highest BCUT2D eigenvalue weighted by atomic mass is 16.5. The number of likely N-dealkylation sites (N-methyl/N-ethyl adjacent to an activating group) is 1. The second kappa shape index (κ2) is 5.82. The minimum absolute atomic E-state index is 0.304. The van der Waals surface area contributed by atoms with Crippen molar-refractivity contribution in [3.63, 3.8) is 0 Å². The van der Waals surface area contributed by atoms with Gasteiger partial charge in [-0.15, -0.1) is 0 Å². The van der Waals surface area contributed by atoms with E-state index >= 15 is 0 Å². The number of nitrogens with zero attached hydrogens (tertiary/aromatic N) is 2. The van der Waals surface area contributed by atoms with Crippen LogP contribution in [-0.4, -0.2) is 56.0 Å². The van der Waals surface area contributed by atoms with Gasteiger partial charge >= 0.3 is 0 Å². The second-order valence-electron chi connectivity index (χ2n) is 7.48. The van der Waals surface area contributed by atoms with Crippen LogP contribution in [0.2, 0.25) is 0 Å². The van der Waals surface area contributed by atoms with Crippen molar-refractivity contribution in [3.05, 3.63) is 29.3 Å². The van der Waals surface area contributed by atoms with Gasteiger partial charge < -0.3 is 14.5 Å². The molecule has 1 saturated carbocycles. The van der Waals surface area contributed by atoms with Crippen molar-refractivity contribution in [2.75, 3.05) is 34.3 Å². The molecule has 23 heavy (non-hydrogen) atoms. The number of hydrogen-bond donors (Lipinski definition) is 0. The third kappa shape index (κ3) is 2.74. The Balaban J connectivity index is 1.82. The van der Waals surface area contributed by atoms with Crippen molar-refractivity contribution in [1.29, 1.82) is 0 Å². The van der Waals surface area contributed by atoms with Gasteiger partial charge in [0.05, 0.1) is 12.5 Å². The Kier molecular flexibility index (Phi) is 4.13. The van der Waals surface area contributed by atoms with E-state index in [4.69, 9.17) is 4.74 Å². The van der Waals surface area contributed by atoms with Gasteiger partial charge in [0.1, 0.15) is 5.75 Å². The molecule has 0 unspecified atom stereocenters. The Bertz CT molecular complexity index is 607. The molecule has 0 N–H and O–H groups in total. The first-order valence-corrected chi connectivity index (χ1v) is 8.50. The molecule has 0 bridgehead atoms. The molecule has 0 aromatic heterocycles. The second-order valence-corrected chi connectivity index (χ2v) is 7.48. The Morgan fingerprint density at radius 3 is 2.52 bits per heavy atom. The minimum atomic E-state index is -0.304. The molecule has 1 aliphatic carbocycles. The molecule has 1 aromatic rings. The largest absolute Gasteiger partial charge is 0.496 e. The van der Waals surface area contributed by atoms with Gasteiger partial charge in [-0.1, -0.05) is 19.1 Å². The predicted octanol–water partition coefficient (Wildman–Crippen LogP) is 2.44. The van der Waals surface area contributed by atoms with Gasteiger partial charge in [-0.05, 0) is 57.0 Å². The monoisotopic (exact) mass is 316 g/mol.